The molecule has 0 saturated heterocycles. The van der Waals surface area contributed by atoms with Crippen LogP contribution in [0.2, 0.25) is 0 Å². The Kier molecular flexibility index (Phi) is 6.01. The van der Waals surface area contributed by atoms with Gasteiger partial charge in [0, 0.05) is 5.69 Å². The highest BCUT2D eigenvalue weighted by Gasteiger charge is 2.21. The number of rotatable bonds is 6. The summed E-state index contributed by atoms with van der Waals surface area (Å²) in [7, 11) is 0. The van der Waals surface area contributed by atoms with E-state index < -0.39 is 23.8 Å². The number of carbonyl (C=O) groups is 2. The molecule has 6 heteroatoms. The summed E-state index contributed by atoms with van der Waals surface area (Å²) in [5, 5.41) is 2.57. The molecule has 0 bridgehead atoms. The summed E-state index contributed by atoms with van der Waals surface area (Å²) >= 11 is 0. The number of esters is 1. The molecule has 142 valence electrons. The SMILES string of the molecule is C[C@@H](OC(=O)c1ccccc1Oc1ccccc1)C(=O)Nc1ccc(F)cc1. The Bertz CT molecular complexity index is 958. The third-order valence-corrected chi connectivity index (χ3v) is 3.84. The molecule has 3 aromatic rings. The van der Waals surface area contributed by atoms with Crippen molar-refractivity contribution in [3.63, 3.8) is 0 Å². The van der Waals surface area contributed by atoms with E-state index in [-0.39, 0.29) is 5.56 Å². The number of amides is 1. The first kappa shape index (κ1) is 19.1. The van der Waals surface area contributed by atoms with Crippen molar-refractivity contribution in [2.24, 2.45) is 0 Å². The van der Waals surface area contributed by atoms with E-state index in [0.29, 0.717) is 17.2 Å². The molecular formula is C22H18FNO4. The Hall–Kier alpha value is -3.67. The molecule has 1 atom stereocenters. The van der Waals surface area contributed by atoms with E-state index in [1.165, 1.54) is 31.2 Å². The van der Waals surface area contributed by atoms with E-state index in [2.05, 4.69) is 5.32 Å². The van der Waals surface area contributed by atoms with E-state index in [1.807, 2.05) is 18.2 Å². The molecular weight excluding hydrogens is 361 g/mol. The third-order valence-electron chi connectivity index (χ3n) is 3.84. The maximum Gasteiger partial charge on any atom is 0.342 e. The molecule has 0 spiro atoms. The number of halogens is 1. The number of ether oxygens (including phenoxy) is 2. The van der Waals surface area contributed by atoms with Gasteiger partial charge in [0.25, 0.3) is 5.91 Å². The molecule has 0 saturated carbocycles. The summed E-state index contributed by atoms with van der Waals surface area (Å²) in [6.07, 6.45) is -1.05. The number of hydrogen-bond acceptors (Lipinski definition) is 4. The molecule has 0 aliphatic heterocycles. The second kappa shape index (κ2) is 8.81. The molecule has 5 nitrogen and oxygen atoms in total. The highest BCUT2D eigenvalue weighted by atomic mass is 19.1. The van der Waals surface area contributed by atoms with Gasteiger partial charge in [0.15, 0.2) is 6.10 Å². The largest absolute Gasteiger partial charge is 0.456 e. The first-order valence-corrected chi connectivity index (χ1v) is 8.62. The lowest BCUT2D eigenvalue weighted by molar-refractivity contribution is -0.123. The van der Waals surface area contributed by atoms with E-state index in [0.717, 1.165) is 0 Å². The van der Waals surface area contributed by atoms with Crippen molar-refractivity contribution in [1.82, 2.24) is 0 Å². The number of para-hydroxylation sites is 2. The summed E-state index contributed by atoms with van der Waals surface area (Å²) < 4.78 is 24.0. The zero-order valence-corrected chi connectivity index (χ0v) is 15.1. The second-order valence-electron chi connectivity index (χ2n) is 5.95. The van der Waals surface area contributed by atoms with Gasteiger partial charge in [-0.25, -0.2) is 9.18 Å². The van der Waals surface area contributed by atoms with Gasteiger partial charge in [-0.05, 0) is 55.5 Å². The lowest BCUT2D eigenvalue weighted by Crippen LogP contribution is -2.30. The van der Waals surface area contributed by atoms with Gasteiger partial charge in [0.05, 0.1) is 0 Å². The van der Waals surface area contributed by atoms with E-state index in [1.54, 1.807) is 36.4 Å². The lowest BCUT2D eigenvalue weighted by atomic mass is 10.2. The van der Waals surface area contributed by atoms with Crippen molar-refractivity contribution in [2.75, 3.05) is 5.32 Å². The minimum atomic E-state index is -1.05. The van der Waals surface area contributed by atoms with Crippen LogP contribution in [0.5, 0.6) is 11.5 Å². The van der Waals surface area contributed by atoms with Crippen LogP contribution < -0.4 is 10.1 Å². The van der Waals surface area contributed by atoms with Crippen LogP contribution in [0.1, 0.15) is 17.3 Å². The van der Waals surface area contributed by atoms with Crippen LogP contribution in [0, 0.1) is 5.82 Å². The number of hydrogen-bond donors (Lipinski definition) is 1. The molecule has 0 unspecified atom stereocenters. The van der Waals surface area contributed by atoms with Gasteiger partial charge in [0.2, 0.25) is 0 Å². The maximum atomic E-state index is 12.9. The van der Waals surface area contributed by atoms with Crippen molar-refractivity contribution >= 4 is 17.6 Å². The predicted octanol–water partition coefficient (Wildman–Crippen LogP) is 4.80. The number of carbonyl (C=O) groups excluding carboxylic acids is 2. The van der Waals surface area contributed by atoms with Gasteiger partial charge >= 0.3 is 5.97 Å². The van der Waals surface area contributed by atoms with E-state index in [9.17, 15) is 14.0 Å². The van der Waals surface area contributed by atoms with Crippen LogP contribution in [0.15, 0.2) is 78.9 Å². The number of nitrogens with one attached hydrogen (secondary N) is 1. The molecule has 0 fully saturated rings. The van der Waals surface area contributed by atoms with Gasteiger partial charge in [-0.3, -0.25) is 4.79 Å². The lowest BCUT2D eigenvalue weighted by Gasteiger charge is -2.15. The Morgan fingerprint density at radius 1 is 0.893 bits per heavy atom. The van der Waals surface area contributed by atoms with Gasteiger partial charge in [0.1, 0.15) is 22.9 Å². The standard InChI is InChI=1S/C22H18FNO4/c1-15(21(25)24-17-13-11-16(23)12-14-17)27-22(26)19-9-5-6-10-20(19)28-18-7-3-2-4-8-18/h2-15H,1H3,(H,24,25)/t15-/m1/s1. The van der Waals surface area contributed by atoms with Crippen LogP contribution in [0.4, 0.5) is 10.1 Å². The Labute approximate surface area is 161 Å². The second-order valence-corrected chi connectivity index (χ2v) is 5.95. The quantitative estimate of drug-likeness (QED) is 0.625. The average Bonchev–Trinajstić information content (AvgIpc) is 2.70. The minimum Gasteiger partial charge on any atom is -0.456 e. The predicted molar refractivity (Wildman–Crippen MR) is 103 cm³/mol. The molecule has 0 aromatic heterocycles. The highest BCUT2D eigenvalue weighted by molar-refractivity contribution is 5.98. The molecule has 3 rings (SSSR count). The summed E-state index contributed by atoms with van der Waals surface area (Å²) in [6.45, 7) is 1.46. The van der Waals surface area contributed by atoms with Gasteiger partial charge < -0.3 is 14.8 Å². The molecule has 3 aromatic carbocycles. The van der Waals surface area contributed by atoms with Crippen LogP contribution in [0.25, 0.3) is 0 Å². The Balaban J connectivity index is 1.67. The van der Waals surface area contributed by atoms with Crippen LogP contribution >= 0.6 is 0 Å². The monoisotopic (exact) mass is 379 g/mol. The van der Waals surface area contributed by atoms with Crippen molar-refractivity contribution in [2.45, 2.75) is 13.0 Å². The highest BCUT2D eigenvalue weighted by Crippen LogP contribution is 2.26. The maximum absolute atomic E-state index is 12.9. The molecule has 0 heterocycles. The number of anilines is 1. The zero-order chi connectivity index (χ0) is 19.9. The van der Waals surface area contributed by atoms with Gasteiger partial charge in [-0.15, -0.1) is 0 Å². The van der Waals surface area contributed by atoms with E-state index in [4.69, 9.17) is 9.47 Å². The fraction of sp³-hybridized carbons (Fsp3) is 0.0909. The summed E-state index contributed by atoms with van der Waals surface area (Å²) in [5.74, 6) is -0.725. The zero-order valence-electron chi connectivity index (χ0n) is 15.1. The van der Waals surface area contributed by atoms with Crippen LogP contribution in [-0.2, 0) is 9.53 Å². The first-order chi connectivity index (χ1) is 13.5. The fourth-order valence-corrected chi connectivity index (χ4v) is 2.39. The topological polar surface area (TPSA) is 64.6 Å². The summed E-state index contributed by atoms with van der Waals surface area (Å²) in [5.41, 5.74) is 0.606. The smallest absolute Gasteiger partial charge is 0.342 e. The number of benzene rings is 3. The van der Waals surface area contributed by atoms with Crippen molar-refractivity contribution in [1.29, 1.82) is 0 Å². The third kappa shape index (κ3) is 4.94. The van der Waals surface area contributed by atoms with Crippen molar-refractivity contribution < 1.29 is 23.5 Å². The molecule has 0 aliphatic rings. The van der Waals surface area contributed by atoms with E-state index >= 15 is 0 Å². The van der Waals surface area contributed by atoms with Gasteiger partial charge in [-0.2, -0.15) is 0 Å². The van der Waals surface area contributed by atoms with Crippen LogP contribution in [0.3, 0.4) is 0 Å². The summed E-state index contributed by atoms with van der Waals surface area (Å²) in [4.78, 5) is 24.8. The minimum absolute atomic E-state index is 0.202. The molecule has 1 N–H and O–H groups in total. The van der Waals surface area contributed by atoms with Crippen LogP contribution in [-0.4, -0.2) is 18.0 Å². The van der Waals surface area contributed by atoms with Crippen molar-refractivity contribution in [3.8, 4) is 11.5 Å². The molecule has 0 radical (unpaired) electrons. The Morgan fingerprint density at radius 3 is 2.25 bits per heavy atom. The molecule has 0 aliphatic carbocycles. The first-order valence-electron chi connectivity index (χ1n) is 8.62. The van der Waals surface area contributed by atoms with Gasteiger partial charge in [-0.1, -0.05) is 30.3 Å². The summed E-state index contributed by atoms with van der Waals surface area (Å²) in [6, 6.07) is 20.9. The normalized spacial score (nSPS) is 11.4. The van der Waals surface area contributed by atoms with Crippen molar-refractivity contribution in [3.05, 3.63) is 90.2 Å². The fourth-order valence-electron chi connectivity index (χ4n) is 2.39. The Morgan fingerprint density at radius 2 is 1.54 bits per heavy atom. The molecule has 28 heavy (non-hydrogen) atoms. The molecule has 1 amide bonds. The average molecular weight is 379 g/mol.